The highest BCUT2D eigenvalue weighted by atomic mass is 31.2. The van der Waals surface area contributed by atoms with E-state index >= 15 is 0 Å². The summed E-state index contributed by atoms with van der Waals surface area (Å²) in [4.78, 5) is 36.8. The summed E-state index contributed by atoms with van der Waals surface area (Å²) in [5.41, 5.74) is 4.70. The van der Waals surface area contributed by atoms with Crippen LogP contribution in [0.3, 0.4) is 0 Å². The van der Waals surface area contributed by atoms with Crippen molar-refractivity contribution in [1.29, 1.82) is 0 Å². The first-order valence-electron chi connectivity index (χ1n) is 12.4. The Balaban J connectivity index is 1.72. The van der Waals surface area contributed by atoms with E-state index in [1.807, 2.05) is 11.5 Å². The van der Waals surface area contributed by atoms with Gasteiger partial charge in [-0.2, -0.15) is 0 Å². The Hall–Kier alpha value is -2.60. The summed E-state index contributed by atoms with van der Waals surface area (Å²) >= 11 is 0. The number of imidazole rings is 1. The lowest BCUT2D eigenvalue weighted by Crippen LogP contribution is -2.27. The van der Waals surface area contributed by atoms with Crippen LogP contribution in [0.5, 0.6) is 0 Å². The maximum atomic E-state index is 13.6. The standard InChI is InChI=1S/C24H38N5O8P/c1-8-16-9-24(16,10-29-12-28-17-18(25)26-11-27-19(17)29)35-15-38(32,36-13-33-20(30)22(2,3)4)37-14-34-21(31)23(5,6)7/h11-12,16H,8-10,13-15H2,1-7H3,(H2,25,26,27). The molecule has 13 nitrogen and oxygen atoms in total. The summed E-state index contributed by atoms with van der Waals surface area (Å²) in [6, 6.07) is 0. The number of rotatable bonds is 12. The molecule has 0 aromatic carbocycles. The van der Waals surface area contributed by atoms with Gasteiger partial charge in [0.05, 0.1) is 29.3 Å². The lowest BCUT2D eigenvalue weighted by molar-refractivity contribution is -0.162. The van der Waals surface area contributed by atoms with Crippen LogP contribution in [0, 0.1) is 16.7 Å². The van der Waals surface area contributed by atoms with Gasteiger partial charge in [0, 0.05) is 0 Å². The van der Waals surface area contributed by atoms with Crippen molar-refractivity contribution >= 4 is 36.5 Å². The highest BCUT2D eigenvalue weighted by molar-refractivity contribution is 7.53. The van der Waals surface area contributed by atoms with Gasteiger partial charge in [0.2, 0.25) is 13.6 Å². The van der Waals surface area contributed by atoms with Crippen molar-refractivity contribution in [1.82, 2.24) is 19.5 Å². The number of ether oxygens (including phenoxy) is 3. The molecule has 2 N–H and O–H groups in total. The van der Waals surface area contributed by atoms with Gasteiger partial charge in [0.15, 0.2) is 11.5 Å². The molecule has 1 aliphatic carbocycles. The number of carbonyl (C=O) groups excluding carboxylic acids is 2. The number of fused-ring (bicyclic) bond motifs is 1. The number of hydrogen-bond acceptors (Lipinski definition) is 12. The first-order valence-corrected chi connectivity index (χ1v) is 14.1. The van der Waals surface area contributed by atoms with Crippen LogP contribution in [-0.4, -0.2) is 57.0 Å². The van der Waals surface area contributed by atoms with Crippen LogP contribution >= 0.6 is 7.60 Å². The summed E-state index contributed by atoms with van der Waals surface area (Å²) in [5.74, 6) is -0.637. The molecular formula is C24H38N5O8P. The first kappa shape index (κ1) is 29.9. The van der Waals surface area contributed by atoms with Gasteiger partial charge < -0.3 is 24.5 Å². The molecule has 38 heavy (non-hydrogen) atoms. The number of esters is 2. The summed E-state index contributed by atoms with van der Waals surface area (Å²) in [6.07, 6.45) is 4.04. The van der Waals surface area contributed by atoms with Gasteiger partial charge in [0.25, 0.3) is 0 Å². The van der Waals surface area contributed by atoms with Crippen molar-refractivity contribution in [3.8, 4) is 0 Å². The molecule has 0 saturated heterocycles. The molecule has 2 aromatic heterocycles. The van der Waals surface area contributed by atoms with Crippen molar-refractivity contribution in [2.75, 3.05) is 25.7 Å². The normalized spacial score (nSPS) is 19.9. The van der Waals surface area contributed by atoms with E-state index in [2.05, 4.69) is 15.0 Å². The van der Waals surface area contributed by atoms with Crippen molar-refractivity contribution in [3.63, 3.8) is 0 Å². The Bertz CT molecular complexity index is 1170. The molecule has 1 fully saturated rings. The Morgan fingerprint density at radius 3 is 2.13 bits per heavy atom. The van der Waals surface area contributed by atoms with Gasteiger partial charge in [-0.05, 0) is 53.9 Å². The SMILES string of the molecule is CCC1CC1(Cn1cnc2c(N)ncnc21)OCP(=O)(OCOC(=O)C(C)(C)C)OCOC(=O)C(C)(C)C. The topological polar surface area (TPSA) is 167 Å². The van der Waals surface area contributed by atoms with E-state index in [0.717, 1.165) is 6.42 Å². The quantitative estimate of drug-likeness (QED) is 0.228. The van der Waals surface area contributed by atoms with Crippen LogP contribution in [0.15, 0.2) is 12.7 Å². The summed E-state index contributed by atoms with van der Waals surface area (Å²) in [7, 11) is -4.02. The van der Waals surface area contributed by atoms with Gasteiger partial charge in [-0.25, -0.2) is 15.0 Å². The van der Waals surface area contributed by atoms with Gasteiger partial charge >= 0.3 is 19.5 Å². The number of nitrogens with zero attached hydrogens (tertiary/aromatic N) is 4. The second-order valence-corrected chi connectivity index (χ2v) is 13.4. The minimum atomic E-state index is -4.02. The van der Waals surface area contributed by atoms with Crippen LogP contribution in [0.1, 0.15) is 61.3 Å². The smallest absolute Gasteiger partial charge is 0.361 e. The van der Waals surface area contributed by atoms with Crippen LogP contribution in [0.2, 0.25) is 0 Å². The van der Waals surface area contributed by atoms with E-state index in [-0.39, 0.29) is 11.7 Å². The maximum absolute atomic E-state index is 13.6. The molecule has 0 bridgehead atoms. The van der Waals surface area contributed by atoms with E-state index < -0.39 is 55.9 Å². The summed E-state index contributed by atoms with van der Waals surface area (Å²) < 4.78 is 42.6. The fourth-order valence-electron chi connectivity index (χ4n) is 3.67. The third-order valence-corrected chi connectivity index (χ3v) is 7.59. The molecule has 0 radical (unpaired) electrons. The van der Waals surface area contributed by atoms with E-state index in [0.29, 0.717) is 24.1 Å². The Labute approximate surface area is 222 Å². The molecule has 0 aliphatic heterocycles. The van der Waals surface area contributed by atoms with Crippen LogP contribution in [-0.2, 0) is 44.0 Å². The second kappa shape index (κ2) is 11.3. The molecule has 2 aromatic rings. The fraction of sp³-hybridized carbons (Fsp3) is 0.708. The Morgan fingerprint density at radius 2 is 1.63 bits per heavy atom. The van der Waals surface area contributed by atoms with Gasteiger partial charge in [-0.3, -0.25) is 23.2 Å². The highest BCUT2D eigenvalue weighted by Crippen LogP contribution is 2.56. The monoisotopic (exact) mass is 555 g/mol. The number of hydrogen-bond donors (Lipinski definition) is 1. The minimum Gasteiger partial charge on any atom is -0.438 e. The Kier molecular flexibility index (Phi) is 8.87. The summed E-state index contributed by atoms with van der Waals surface area (Å²) in [6.45, 7) is 11.3. The van der Waals surface area contributed by atoms with Gasteiger partial charge in [0.1, 0.15) is 18.2 Å². The molecule has 2 heterocycles. The number of aromatic nitrogens is 4. The lowest BCUT2D eigenvalue weighted by Gasteiger charge is -2.25. The number of nitrogens with two attached hydrogens (primary N) is 1. The molecule has 0 amide bonds. The van der Waals surface area contributed by atoms with E-state index in [9.17, 15) is 14.2 Å². The van der Waals surface area contributed by atoms with Crippen molar-refractivity contribution in [2.45, 2.75) is 73.5 Å². The molecule has 0 spiro atoms. The third-order valence-electron chi connectivity index (χ3n) is 6.15. The van der Waals surface area contributed by atoms with Crippen LogP contribution < -0.4 is 5.73 Å². The van der Waals surface area contributed by atoms with E-state index in [1.165, 1.54) is 6.33 Å². The summed E-state index contributed by atoms with van der Waals surface area (Å²) in [5, 5.41) is 0. The number of nitrogen functional groups attached to an aromatic ring is 1. The second-order valence-electron chi connectivity index (χ2n) is 11.4. The maximum Gasteiger partial charge on any atom is 0.361 e. The zero-order valence-electron chi connectivity index (χ0n) is 23.1. The third kappa shape index (κ3) is 7.28. The van der Waals surface area contributed by atoms with E-state index in [4.69, 9.17) is 29.0 Å². The molecule has 212 valence electrons. The van der Waals surface area contributed by atoms with Crippen molar-refractivity contribution in [2.24, 2.45) is 16.7 Å². The molecule has 1 saturated carbocycles. The minimum absolute atomic E-state index is 0.171. The fourth-order valence-corrected chi connectivity index (χ4v) is 4.73. The van der Waals surface area contributed by atoms with E-state index in [1.54, 1.807) is 47.9 Å². The van der Waals surface area contributed by atoms with Crippen molar-refractivity contribution < 1.29 is 37.4 Å². The average Bonchev–Trinajstić information content (AvgIpc) is 3.37. The first-order chi connectivity index (χ1) is 17.6. The van der Waals surface area contributed by atoms with Gasteiger partial charge in [-0.1, -0.05) is 13.3 Å². The number of anilines is 1. The molecule has 1 aliphatic rings. The number of carbonyl (C=O) groups is 2. The molecular weight excluding hydrogens is 517 g/mol. The highest BCUT2D eigenvalue weighted by Gasteiger charge is 2.56. The largest absolute Gasteiger partial charge is 0.438 e. The van der Waals surface area contributed by atoms with Gasteiger partial charge in [-0.15, -0.1) is 0 Å². The lowest BCUT2D eigenvalue weighted by atomic mass is 9.98. The zero-order valence-corrected chi connectivity index (χ0v) is 23.9. The molecule has 14 heteroatoms. The molecule has 2 atom stereocenters. The predicted octanol–water partition coefficient (Wildman–Crippen LogP) is 3.87. The molecule has 3 rings (SSSR count). The van der Waals surface area contributed by atoms with Crippen molar-refractivity contribution in [3.05, 3.63) is 12.7 Å². The van der Waals surface area contributed by atoms with Crippen LogP contribution in [0.25, 0.3) is 11.2 Å². The Morgan fingerprint density at radius 1 is 1.05 bits per heavy atom. The zero-order chi connectivity index (χ0) is 28.4. The predicted molar refractivity (Wildman–Crippen MR) is 137 cm³/mol. The molecule has 2 unspecified atom stereocenters. The average molecular weight is 556 g/mol. The van der Waals surface area contributed by atoms with Crippen LogP contribution in [0.4, 0.5) is 5.82 Å².